The van der Waals surface area contributed by atoms with Gasteiger partial charge in [0, 0.05) is 11.6 Å². The van der Waals surface area contributed by atoms with E-state index in [-0.39, 0.29) is 5.91 Å². The number of nitrogens with zero attached hydrogens (tertiary/aromatic N) is 1. The second kappa shape index (κ2) is 5.12. The highest BCUT2D eigenvalue weighted by Gasteiger charge is 2.06. The number of benzene rings is 1. The van der Waals surface area contributed by atoms with Crippen molar-refractivity contribution in [2.75, 3.05) is 0 Å². The molecule has 0 spiro atoms. The molecule has 0 saturated carbocycles. The van der Waals surface area contributed by atoms with Crippen LogP contribution in [0.1, 0.15) is 5.76 Å². The van der Waals surface area contributed by atoms with E-state index in [1.54, 1.807) is 6.07 Å². The molecule has 1 heterocycles. The maximum absolute atomic E-state index is 11.0. The van der Waals surface area contributed by atoms with Crippen LogP contribution in [-0.4, -0.2) is 11.1 Å². The first kappa shape index (κ1) is 11.1. The van der Waals surface area contributed by atoms with Crippen LogP contribution in [-0.2, 0) is 11.3 Å². The SMILES string of the molecule is C=CC(=O)NCc1cc(-c2ccccc2)no1. The molecule has 4 heteroatoms. The van der Waals surface area contributed by atoms with Crippen LogP contribution in [0.25, 0.3) is 11.3 Å². The van der Waals surface area contributed by atoms with E-state index in [1.165, 1.54) is 6.08 Å². The number of hydrogen-bond donors (Lipinski definition) is 1. The molecule has 86 valence electrons. The third-order valence-corrected chi connectivity index (χ3v) is 2.25. The lowest BCUT2D eigenvalue weighted by molar-refractivity contribution is -0.116. The summed E-state index contributed by atoms with van der Waals surface area (Å²) < 4.78 is 5.11. The lowest BCUT2D eigenvalue weighted by atomic mass is 10.1. The topological polar surface area (TPSA) is 55.1 Å². The fraction of sp³-hybridized carbons (Fsp3) is 0.0769. The van der Waals surface area contributed by atoms with Crippen molar-refractivity contribution in [2.24, 2.45) is 0 Å². The van der Waals surface area contributed by atoms with Gasteiger partial charge < -0.3 is 9.84 Å². The molecule has 0 fully saturated rings. The largest absolute Gasteiger partial charge is 0.359 e. The van der Waals surface area contributed by atoms with Gasteiger partial charge in [0.25, 0.3) is 0 Å². The molecule has 4 nitrogen and oxygen atoms in total. The van der Waals surface area contributed by atoms with E-state index in [1.807, 2.05) is 30.3 Å². The van der Waals surface area contributed by atoms with E-state index in [0.717, 1.165) is 11.3 Å². The maximum atomic E-state index is 11.0. The second-order valence-corrected chi connectivity index (χ2v) is 3.47. The lowest BCUT2D eigenvalue weighted by Gasteiger charge is -1.95. The number of hydrogen-bond acceptors (Lipinski definition) is 3. The van der Waals surface area contributed by atoms with Gasteiger partial charge in [-0.05, 0) is 6.08 Å². The van der Waals surface area contributed by atoms with Crippen molar-refractivity contribution < 1.29 is 9.32 Å². The molecule has 0 radical (unpaired) electrons. The van der Waals surface area contributed by atoms with Crippen LogP contribution in [0, 0.1) is 0 Å². The van der Waals surface area contributed by atoms with Crippen molar-refractivity contribution >= 4 is 5.91 Å². The Bertz CT molecular complexity index is 517. The predicted octanol–water partition coefficient (Wildman–Crippen LogP) is 2.14. The lowest BCUT2D eigenvalue weighted by Crippen LogP contribution is -2.19. The summed E-state index contributed by atoms with van der Waals surface area (Å²) in [6.07, 6.45) is 1.22. The summed E-state index contributed by atoms with van der Waals surface area (Å²) in [4.78, 5) is 11.0. The molecule has 0 atom stereocenters. The maximum Gasteiger partial charge on any atom is 0.243 e. The van der Waals surface area contributed by atoms with E-state index < -0.39 is 0 Å². The Morgan fingerprint density at radius 3 is 2.88 bits per heavy atom. The van der Waals surface area contributed by atoms with Crippen molar-refractivity contribution in [3.63, 3.8) is 0 Å². The van der Waals surface area contributed by atoms with E-state index in [4.69, 9.17) is 4.52 Å². The summed E-state index contributed by atoms with van der Waals surface area (Å²) in [7, 11) is 0. The molecule has 2 rings (SSSR count). The van der Waals surface area contributed by atoms with Crippen molar-refractivity contribution in [1.29, 1.82) is 0 Å². The first-order chi connectivity index (χ1) is 8.29. The Kier molecular flexibility index (Phi) is 3.35. The average Bonchev–Trinajstić information content (AvgIpc) is 2.86. The number of amides is 1. The highest BCUT2D eigenvalue weighted by Crippen LogP contribution is 2.18. The smallest absolute Gasteiger partial charge is 0.243 e. The molecule has 0 bridgehead atoms. The number of rotatable bonds is 4. The minimum atomic E-state index is -0.234. The van der Waals surface area contributed by atoms with Crippen LogP contribution in [0.15, 0.2) is 53.6 Å². The van der Waals surface area contributed by atoms with Gasteiger partial charge in [0.2, 0.25) is 5.91 Å². The normalized spacial score (nSPS) is 9.88. The van der Waals surface area contributed by atoms with Gasteiger partial charge in [0.1, 0.15) is 5.69 Å². The number of aromatic nitrogens is 1. The van der Waals surface area contributed by atoms with E-state index in [0.29, 0.717) is 12.3 Å². The molecule has 2 aromatic rings. The molecule has 1 aromatic heterocycles. The van der Waals surface area contributed by atoms with Crippen molar-refractivity contribution in [2.45, 2.75) is 6.54 Å². The first-order valence-electron chi connectivity index (χ1n) is 5.21. The van der Waals surface area contributed by atoms with Gasteiger partial charge in [-0.1, -0.05) is 42.1 Å². The van der Waals surface area contributed by atoms with Gasteiger partial charge in [0.15, 0.2) is 5.76 Å². The molecule has 0 unspecified atom stereocenters. The Balaban J connectivity index is 2.06. The summed E-state index contributed by atoms with van der Waals surface area (Å²) in [6, 6.07) is 11.5. The van der Waals surface area contributed by atoms with E-state index in [2.05, 4.69) is 17.1 Å². The molecule has 1 aromatic carbocycles. The van der Waals surface area contributed by atoms with Crippen LogP contribution in [0.3, 0.4) is 0 Å². The molecule has 1 amide bonds. The van der Waals surface area contributed by atoms with Crippen molar-refractivity contribution in [1.82, 2.24) is 10.5 Å². The Morgan fingerprint density at radius 1 is 1.41 bits per heavy atom. The average molecular weight is 228 g/mol. The quantitative estimate of drug-likeness (QED) is 0.816. The van der Waals surface area contributed by atoms with Gasteiger partial charge in [-0.25, -0.2) is 0 Å². The van der Waals surface area contributed by atoms with E-state index >= 15 is 0 Å². The third-order valence-electron chi connectivity index (χ3n) is 2.25. The highest BCUT2D eigenvalue weighted by molar-refractivity contribution is 5.86. The highest BCUT2D eigenvalue weighted by atomic mass is 16.5. The van der Waals surface area contributed by atoms with Gasteiger partial charge in [-0.3, -0.25) is 4.79 Å². The monoisotopic (exact) mass is 228 g/mol. The molecular formula is C13H12N2O2. The zero-order chi connectivity index (χ0) is 12.1. The third kappa shape index (κ3) is 2.81. The van der Waals surface area contributed by atoms with Crippen molar-refractivity contribution in [3.8, 4) is 11.3 Å². The zero-order valence-electron chi connectivity index (χ0n) is 9.22. The fourth-order valence-electron chi connectivity index (χ4n) is 1.39. The molecule has 1 N–H and O–H groups in total. The second-order valence-electron chi connectivity index (χ2n) is 3.47. The summed E-state index contributed by atoms with van der Waals surface area (Å²) >= 11 is 0. The van der Waals surface area contributed by atoms with Crippen LogP contribution >= 0.6 is 0 Å². The summed E-state index contributed by atoms with van der Waals surface area (Å²) in [5, 5.41) is 6.56. The van der Waals surface area contributed by atoms with Crippen LogP contribution in [0.4, 0.5) is 0 Å². The van der Waals surface area contributed by atoms with Crippen LogP contribution in [0.5, 0.6) is 0 Å². The molecular weight excluding hydrogens is 216 g/mol. The Labute approximate surface area is 98.9 Å². The molecule has 17 heavy (non-hydrogen) atoms. The van der Waals surface area contributed by atoms with Gasteiger partial charge >= 0.3 is 0 Å². The Hall–Kier alpha value is -2.36. The number of carbonyl (C=O) groups excluding carboxylic acids is 1. The van der Waals surface area contributed by atoms with Crippen molar-refractivity contribution in [3.05, 3.63) is 54.8 Å². The molecule has 0 aliphatic heterocycles. The van der Waals surface area contributed by atoms with Gasteiger partial charge in [-0.2, -0.15) is 0 Å². The fourth-order valence-corrected chi connectivity index (χ4v) is 1.39. The zero-order valence-corrected chi connectivity index (χ0v) is 9.22. The van der Waals surface area contributed by atoms with Crippen LogP contribution < -0.4 is 5.32 Å². The summed E-state index contributed by atoms with van der Waals surface area (Å²) in [5.74, 6) is 0.377. The number of nitrogens with one attached hydrogen (secondary N) is 1. The molecule has 0 aliphatic rings. The van der Waals surface area contributed by atoms with Gasteiger partial charge in [0.05, 0.1) is 6.54 Å². The minimum Gasteiger partial charge on any atom is -0.359 e. The summed E-state index contributed by atoms with van der Waals surface area (Å²) in [6.45, 7) is 3.68. The Morgan fingerprint density at radius 2 is 2.18 bits per heavy atom. The predicted molar refractivity (Wildman–Crippen MR) is 64.0 cm³/mol. The minimum absolute atomic E-state index is 0.234. The molecule has 0 saturated heterocycles. The van der Waals surface area contributed by atoms with Gasteiger partial charge in [-0.15, -0.1) is 0 Å². The van der Waals surface area contributed by atoms with E-state index in [9.17, 15) is 4.79 Å². The summed E-state index contributed by atoms with van der Waals surface area (Å²) in [5.41, 5.74) is 1.74. The van der Waals surface area contributed by atoms with Crippen LogP contribution in [0.2, 0.25) is 0 Å². The molecule has 0 aliphatic carbocycles. The number of carbonyl (C=O) groups is 1. The standard InChI is InChI=1S/C13H12N2O2/c1-2-13(16)14-9-11-8-12(15-17-11)10-6-4-3-5-7-10/h2-8H,1,9H2,(H,14,16). The first-order valence-corrected chi connectivity index (χ1v) is 5.21.